The lowest BCUT2D eigenvalue weighted by Gasteiger charge is -2.17. The molecule has 0 aromatic heterocycles. The van der Waals surface area contributed by atoms with E-state index < -0.39 is 9.71 Å². The standard InChI is InChI=1S/C4H7Cl3O/c1-3(5)4(6,7)2-8/h3,8H,2H2,1H3. The Bertz CT molecular complexity index is 71.7. The molecule has 0 saturated heterocycles. The number of aliphatic hydroxyl groups is 1. The average molecular weight is 177 g/mol. The SMILES string of the molecule is CC(Cl)C(Cl)(Cl)CO. The first-order valence-corrected chi connectivity index (χ1v) is 3.32. The molecule has 50 valence electrons. The van der Waals surface area contributed by atoms with E-state index in [9.17, 15) is 0 Å². The first-order chi connectivity index (χ1) is 3.50. The highest BCUT2D eigenvalue weighted by Crippen LogP contribution is 2.27. The van der Waals surface area contributed by atoms with Gasteiger partial charge < -0.3 is 5.11 Å². The number of alkyl halides is 3. The number of hydrogen-bond donors (Lipinski definition) is 1. The summed E-state index contributed by atoms with van der Waals surface area (Å²) in [6.45, 7) is 1.30. The molecule has 1 N–H and O–H groups in total. The van der Waals surface area contributed by atoms with Crippen LogP contribution >= 0.6 is 34.8 Å². The summed E-state index contributed by atoms with van der Waals surface area (Å²) in [5.74, 6) is 0. The van der Waals surface area contributed by atoms with Gasteiger partial charge in [0, 0.05) is 0 Å². The van der Waals surface area contributed by atoms with Gasteiger partial charge in [0.2, 0.25) is 0 Å². The van der Waals surface area contributed by atoms with Crippen molar-refractivity contribution in [2.45, 2.75) is 16.6 Å². The van der Waals surface area contributed by atoms with Gasteiger partial charge in [-0.05, 0) is 6.92 Å². The van der Waals surface area contributed by atoms with Crippen molar-refractivity contribution in [3.63, 3.8) is 0 Å². The van der Waals surface area contributed by atoms with Crippen molar-refractivity contribution >= 4 is 34.8 Å². The van der Waals surface area contributed by atoms with Gasteiger partial charge in [-0.25, -0.2) is 0 Å². The molecule has 0 aliphatic carbocycles. The minimum Gasteiger partial charge on any atom is -0.393 e. The monoisotopic (exact) mass is 176 g/mol. The van der Waals surface area contributed by atoms with E-state index in [1.165, 1.54) is 0 Å². The maximum atomic E-state index is 8.42. The summed E-state index contributed by atoms with van der Waals surface area (Å²) < 4.78 is -1.19. The number of halogens is 3. The molecule has 0 heterocycles. The number of rotatable bonds is 2. The van der Waals surface area contributed by atoms with Gasteiger partial charge in [-0.1, -0.05) is 23.2 Å². The summed E-state index contributed by atoms with van der Waals surface area (Å²) in [7, 11) is 0. The van der Waals surface area contributed by atoms with Crippen LogP contribution in [0.4, 0.5) is 0 Å². The second-order valence-electron chi connectivity index (χ2n) is 1.54. The van der Waals surface area contributed by atoms with Crippen molar-refractivity contribution in [2.75, 3.05) is 6.61 Å². The predicted molar refractivity (Wildman–Crippen MR) is 36.8 cm³/mol. The van der Waals surface area contributed by atoms with E-state index in [4.69, 9.17) is 39.9 Å². The molecule has 0 spiro atoms. The molecule has 0 amide bonds. The fourth-order valence-electron chi connectivity index (χ4n) is 0.126. The fraction of sp³-hybridized carbons (Fsp3) is 1.00. The molecule has 0 bridgehead atoms. The largest absolute Gasteiger partial charge is 0.393 e. The average Bonchev–Trinajstić information content (AvgIpc) is 1.67. The summed E-state index contributed by atoms with van der Waals surface area (Å²) in [5.41, 5.74) is 0. The van der Waals surface area contributed by atoms with E-state index in [-0.39, 0.29) is 6.61 Å². The molecule has 0 aromatic rings. The van der Waals surface area contributed by atoms with Crippen LogP contribution in [0.3, 0.4) is 0 Å². The minimum absolute atomic E-state index is 0.319. The highest BCUT2D eigenvalue weighted by atomic mass is 35.5. The molecule has 1 nitrogen and oxygen atoms in total. The Kier molecular flexibility index (Phi) is 3.44. The van der Waals surface area contributed by atoms with Gasteiger partial charge in [-0.15, -0.1) is 11.6 Å². The lowest BCUT2D eigenvalue weighted by atomic mass is 10.3. The molecule has 0 rings (SSSR count). The Morgan fingerprint density at radius 1 is 1.62 bits per heavy atom. The lowest BCUT2D eigenvalue weighted by Crippen LogP contribution is -2.27. The Balaban J connectivity index is 3.71. The van der Waals surface area contributed by atoms with Gasteiger partial charge in [0.15, 0.2) is 4.33 Å². The van der Waals surface area contributed by atoms with Crippen LogP contribution in [0.5, 0.6) is 0 Å². The van der Waals surface area contributed by atoms with Crippen molar-refractivity contribution in [3.05, 3.63) is 0 Å². The van der Waals surface area contributed by atoms with Gasteiger partial charge in [0.1, 0.15) is 0 Å². The zero-order valence-corrected chi connectivity index (χ0v) is 6.63. The Morgan fingerprint density at radius 3 is 2.00 bits per heavy atom. The van der Waals surface area contributed by atoms with Crippen molar-refractivity contribution in [1.82, 2.24) is 0 Å². The smallest absolute Gasteiger partial charge is 0.157 e. The molecule has 1 unspecified atom stereocenters. The van der Waals surface area contributed by atoms with Gasteiger partial charge in [-0.3, -0.25) is 0 Å². The van der Waals surface area contributed by atoms with Crippen molar-refractivity contribution in [1.29, 1.82) is 0 Å². The molecule has 4 heteroatoms. The van der Waals surface area contributed by atoms with Crippen LogP contribution < -0.4 is 0 Å². The minimum atomic E-state index is -1.19. The fourth-order valence-corrected chi connectivity index (χ4v) is 0.195. The van der Waals surface area contributed by atoms with Crippen molar-refractivity contribution < 1.29 is 5.11 Å². The molecule has 0 saturated carbocycles. The van der Waals surface area contributed by atoms with Gasteiger partial charge in [-0.2, -0.15) is 0 Å². The molecule has 8 heavy (non-hydrogen) atoms. The number of hydrogen-bond acceptors (Lipinski definition) is 1. The van der Waals surface area contributed by atoms with Crippen LogP contribution in [0.25, 0.3) is 0 Å². The normalized spacial score (nSPS) is 16.1. The van der Waals surface area contributed by atoms with Gasteiger partial charge in [0.25, 0.3) is 0 Å². The third kappa shape index (κ3) is 2.40. The zero-order valence-electron chi connectivity index (χ0n) is 4.37. The summed E-state index contributed by atoms with van der Waals surface area (Å²) in [6, 6.07) is 0. The molecular formula is C4H7Cl3O. The highest BCUT2D eigenvalue weighted by Gasteiger charge is 2.28. The predicted octanol–water partition coefficient (Wildman–Crippen LogP) is 1.78. The van der Waals surface area contributed by atoms with E-state index in [2.05, 4.69) is 0 Å². The van der Waals surface area contributed by atoms with E-state index in [0.29, 0.717) is 0 Å². The zero-order chi connectivity index (χ0) is 6.78. The van der Waals surface area contributed by atoms with E-state index in [0.717, 1.165) is 0 Å². The molecule has 0 radical (unpaired) electrons. The van der Waals surface area contributed by atoms with Crippen LogP contribution in [0, 0.1) is 0 Å². The van der Waals surface area contributed by atoms with Crippen LogP contribution in [-0.4, -0.2) is 21.4 Å². The summed E-state index contributed by atoms with van der Waals surface area (Å²) in [6.07, 6.45) is 0. The summed E-state index contributed by atoms with van der Waals surface area (Å²) in [4.78, 5) is 0. The van der Waals surface area contributed by atoms with E-state index >= 15 is 0 Å². The topological polar surface area (TPSA) is 20.2 Å². The van der Waals surface area contributed by atoms with E-state index in [1.54, 1.807) is 6.92 Å². The quantitative estimate of drug-likeness (QED) is 0.638. The third-order valence-electron chi connectivity index (χ3n) is 0.793. The molecule has 0 aliphatic heterocycles. The number of aliphatic hydroxyl groups excluding tert-OH is 1. The molecular weight excluding hydrogens is 170 g/mol. The van der Waals surface area contributed by atoms with Crippen LogP contribution in [-0.2, 0) is 0 Å². The molecule has 0 fully saturated rings. The summed E-state index contributed by atoms with van der Waals surface area (Å²) >= 11 is 16.3. The first-order valence-electron chi connectivity index (χ1n) is 2.13. The van der Waals surface area contributed by atoms with E-state index in [1.807, 2.05) is 0 Å². The second kappa shape index (κ2) is 3.11. The second-order valence-corrected chi connectivity index (χ2v) is 3.73. The molecule has 1 atom stereocenters. The van der Waals surface area contributed by atoms with Gasteiger partial charge >= 0.3 is 0 Å². The summed E-state index contributed by atoms with van der Waals surface area (Å²) in [5, 5.41) is 7.98. The van der Waals surface area contributed by atoms with Crippen LogP contribution in [0.1, 0.15) is 6.92 Å². The Morgan fingerprint density at radius 2 is 2.00 bits per heavy atom. The van der Waals surface area contributed by atoms with Crippen LogP contribution in [0.2, 0.25) is 0 Å². The lowest BCUT2D eigenvalue weighted by molar-refractivity contribution is 0.278. The Hall–Kier alpha value is 0.830. The highest BCUT2D eigenvalue weighted by molar-refractivity contribution is 6.52. The first kappa shape index (κ1) is 8.83. The maximum absolute atomic E-state index is 8.42. The van der Waals surface area contributed by atoms with Crippen LogP contribution in [0.15, 0.2) is 0 Å². The van der Waals surface area contributed by atoms with Gasteiger partial charge in [0.05, 0.1) is 12.0 Å². The molecule has 0 aromatic carbocycles. The molecule has 0 aliphatic rings. The Labute approximate surface area is 63.5 Å². The maximum Gasteiger partial charge on any atom is 0.157 e. The van der Waals surface area contributed by atoms with Crippen molar-refractivity contribution in [2.24, 2.45) is 0 Å². The van der Waals surface area contributed by atoms with Crippen molar-refractivity contribution in [3.8, 4) is 0 Å². The third-order valence-corrected chi connectivity index (χ3v) is 2.28.